The molecule has 24 heavy (non-hydrogen) atoms. The summed E-state index contributed by atoms with van der Waals surface area (Å²) in [6.45, 7) is 0. The molecule has 2 aromatic carbocycles. The lowest BCUT2D eigenvalue weighted by Gasteiger charge is -2.08. The van der Waals surface area contributed by atoms with E-state index in [1.807, 2.05) is 54.6 Å². The van der Waals surface area contributed by atoms with Gasteiger partial charge in [-0.15, -0.1) is 0 Å². The lowest BCUT2D eigenvalue weighted by molar-refractivity contribution is 0.0955. The number of nitrogens with zero attached hydrogens (tertiary/aromatic N) is 2. The van der Waals surface area contributed by atoms with E-state index in [9.17, 15) is 4.79 Å². The summed E-state index contributed by atoms with van der Waals surface area (Å²) in [5, 5.41) is 4.34. The molecule has 1 heterocycles. The summed E-state index contributed by atoms with van der Waals surface area (Å²) in [4.78, 5) is 16.3. The molecule has 0 bridgehead atoms. The summed E-state index contributed by atoms with van der Waals surface area (Å²) in [5.41, 5.74) is 5.65. The van der Waals surface area contributed by atoms with E-state index in [0.717, 1.165) is 15.6 Å². The van der Waals surface area contributed by atoms with Gasteiger partial charge in [-0.2, -0.15) is 5.10 Å². The Morgan fingerprint density at radius 3 is 2.25 bits per heavy atom. The Morgan fingerprint density at radius 2 is 1.54 bits per heavy atom. The molecule has 0 saturated carbocycles. The van der Waals surface area contributed by atoms with Crippen LogP contribution in [0.25, 0.3) is 0 Å². The normalized spacial score (nSPS) is 11.1. The summed E-state index contributed by atoms with van der Waals surface area (Å²) in [7, 11) is 0. The van der Waals surface area contributed by atoms with Crippen molar-refractivity contribution in [2.75, 3.05) is 0 Å². The fraction of sp³-hybridized carbons (Fsp3) is 0. The number of hydrazone groups is 1. The van der Waals surface area contributed by atoms with E-state index < -0.39 is 0 Å². The highest BCUT2D eigenvalue weighted by Crippen LogP contribution is 2.12. The summed E-state index contributed by atoms with van der Waals surface area (Å²) in [5.74, 6) is -0.265. The molecule has 5 heteroatoms. The third kappa shape index (κ3) is 3.94. The molecule has 0 fully saturated rings. The number of rotatable bonds is 4. The van der Waals surface area contributed by atoms with Crippen LogP contribution < -0.4 is 5.43 Å². The molecular formula is C19H14BrN3O. The number of hydrogen-bond donors (Lipinski definition) is 1. The van der Waals surface area contributed by atoms with Crippen LogP contribution in [-0.4, -0.2) is 16.6 Å². The minimum Gasteiger partial charge on any atom is -0.267 e. The third-order valence-electron chi connectivity index (χ3n) is 3.36. The fourth-order valence-electron chi connectivity index (χ4n) is 2.20. The van der Waals surface area contributed by atoms with Crippen molar-refractivity contribution in [3.8, 4) is 0 Å². The zero-order valence-corrected chi connectivity index (χ0v) is 14.3. The largest absolute Gasteiger partial charge is 0.271 e. The maximum absolute atomic E-state index is 12.3. The van der Waals surface area contributed by atoms with Gasteiger partial charge in [-0.05, 0) is 30.3 Å². The van der Waals surface area contributed by atoms with E-state index in [4.69, 9.17) is 0 Å². The highest BCUT2D eigenvalue weighted by molar-refractivity contribution is 9.10. The van der Waals surface area contributed by atoms with Gasteiger partial charge in [0.15, 0.2) is 0 Å². The molecule has 0 aliphatic carbocycles. The van der Waals surface area contributed by atoms with Gasteiger partial charge in [-0.1, -0.05) is 52.3 Å². The number of benzene rings is 2. The number of carbonyl (C=O) groups is 1. The third-order valence-corrected chi connectivity index (χ3v) is 3.85. The SMILES string of the molecule is O=C(N/N=C(/c1ccccc1)c1ccncc1)c1cccc(Br)c1. The maximum Gasteiger partial charge on any atom is 0.271 e. The van der Waals surface area contributed by atoms with Crippen molar-refractivity contribution < 1.29 is 4.79 Å². The van der Waals surface area contributed by atoms with E-state index in [0.29, 0.717) is 11.3 Å². The topological polar surface area (TPSA) is 54.4 Å². The van der Waals surface area contributed by atoms with Crippen LogP contribution in [0.5, 0.6) is 0 Å². The highest BCUT2D eigenvalue weighted by Gasteiger charge is 2.09. The fourth-order valence-corrected chi connectivity index (χ4v) is 2.60. The van der Waals surface area contributed by atoms with Gasteiger partial charge in [0.1, 0.15) is 0 Å². The molecule has 0 radical (unpaired) electrons. The first-order valence-electron chi connectivity index (χ1n) is 7.33. The first-order chi connectivity index (χ1) is 11.7. The van der Waals surface area contributed by atoms with Gasteiger partial charge < -0.3 is 0 Å². The quantitative estimate of drug-likeness (QED) is 0.549. The van der Waals surface area contributed by atoms with Crippen molar-refractivity contribution in [1.82, 2.24) is 10.4 Å². The van der Waals surface area contributed by atoms with Gasteiger partial charge in [0.2, 0.25) is 0 Å². The van der Waals surface area contributed by atoms with Crippen molar-refractivity contribution in [2.24, 2.45) is 5.10 Å². The van der Waals surface area contributed by atoms with Crippen LogP contribution in [0.15, 0.2) is 88.7 Å². The van der Waals surface area contributed by atoms with Crippen LogP contribution in [0.2, 0.25) is 0 Å². The minimum absolute atomic E-state index is 0.265. The zero-order valence-electron chi connectivity index (χ0n) is 12.7. The minimum atomic E-state index is -0.265. The number of amides is 1. The molecule has 4 nitrogen and oxygen atoms in total. The average Bonchev–Trinajstić information content (AvgIpc) is 2.63. The number of halogens is 1. The second kappa shape index (κ2) is 7.66. The van der Waals surface area contributed by atoms with Crippen LogP contribution in [0, 0.1) is 0 Å². The van der Waals surface area contributed by atoms with Gasteiger partial charge in [0.05, 0.1) is 5.71 Å². The van der Waals surface area contributed by atoms with Gasteiger partial charge in [-0.25, -0.2) is 5.43 Å². The molecule has 0 aliphatic heterocycles. The Balaban J connectivity index is 1.91. The van der Waals surface area contributed by atoms with Crippen molar-refractivity contribution in [1.29, 1.82) is 0 Å². The van der Waals surface area contributed by atoms with Gasteiger partial charge in [0, 0.05) is 33.6 Å². The number of pyridine rings is 1. The van der Waals surface area contributed by atoms with Crippen molar-refractivity contribution >= 4 is 27.5 Å². The molecule has 0 atom stereocenters. The Labute approximate surface area is 148 Å². The molecule has 1 N–H and O–H groups in total. The number of hydrogen-bond acceptors (Lipinski definition) is 3. The van der Waals surface area contributed by atoms with E-state index in [2.05, 4.69) is 31.4 Å². The van der Waals surface area contributed by atoms with E-state index in [1.54, 1.807) is 24.5 Å². The van der Waals surface area contributed by atoms with Crippen LogP contribution in [0.4, 0.5) is 0 Å². The Bertz CT molecular complexity index is 823. The molecule has 3 rings (SSSR count). The molecule has 3 aromatic rings. The predicted molar refractivity (Wildman–Crippen MR) is 97.9 cm³/mol. The summed E-state index contributed by atoms with van der Waals surface area (Å²) >= 11 is 3.36. The molecule has 1 aromatic heterocycles. The maximum atomic E-state index is 12.3. The van der Waals surface area contributed by atoms with Gasteiger partial charge in [0.25, 0.3) is 5.91 Å². The molecular weight excluding hydrogens is 366 g/mol. The zero-order chi connectivity index (χ0) is 16.8. The summed E-state index contributed by atoms with van der Waals surface area (Å²) in [6, 6.07) is 20.6. The lowest BCUT2D eigenvalue weighted by atomic mass is 10.0. The standard InChI is InChI=1S/C19H14BrN3O/c20-17-8-4-7-16(13-17)19(24)23-22-18(14-5-2-1-3-6-14)15-9-11-21-12-10-15/h1-13H,(H,23,24)/b22-18-. The van der Waals surface area contributed by atoms with E-state index in [-0.39, 0.29) is 5.91 Å². The number of nitrogens with one attached hydrogen (secondary N) is 1. The van der Waals surface area contributed by atoms with Crippen molar-refractivity contribution in [3.63, 3.8) is 0 Å². The molecule has 1 amide bonds. The summed E-state index contributed by atoms with van der Waals surface area (Å²) in [6.07, 6.45) is 3.40. The van der Waals surface area contributed by atoms with Gasteiger partial charge in [-0.3, -0.25) is 9.78 Å². The first-order valence-corrected chi connectivity index (χ1v) is 8.13. The molecule has 0 unspecified atom stereocenters. The van der Waals surface area contributed by atoms with Crippen LogP contribution in [0.1, 0.15) is 21.5 Å². The first kappa shape index (κ1) is 16.1. The average molecular weight is 380 g/mol. The van der Waals surface area contributed by atoms with Gasteiger partial charge >= 0.3 is 0 Å². The predicted octanol–water partition coefficient (Wildman–Crippen LogP) is 4.03. The van der Waals surface area contributed by atoms with Crippen LogP contribution in [0.3, 0.4) is 0 Å². The smallest absolute Gasteiger partial charge is 0.267 e. The molecule has 0 aliphatic rings. The van der Waals surface area contributed by atoms with Crippen LogP contribution in [-0.2, 0) is 0 Å². The number of aromatic nitrogens is 1. The molecule has 0 spiro atoms. The molecule has 118 valence electrons. The van der Waals surface area contributed by atoms with Crippen molar-refractivity contribution in [2.45, 2.75) is 0 Å². The van der Waals surface area contributed by atoms with E-state index >= 15 is 0 Å². The Hall–Kier alpha value is -2.79. The van der Waals surface area contributed by atoms with Crippen LogP contribution >= 0.6 is 15.9 Å². The highest BCUT2D eigenvalue weighted by atomic mass is 79.9. The monoisotopic (exact) mass is 379 g/mol. The van der Waals surface area contributed by atoms with E-state index in [1.165, 1.54) is 0 Å². The van der Waals surface area contributed by atoms with Crippen molar-refractivity contribution in [3.05, 3.63) is 100 Å². The Morgan fingerprint density at radius 1 is 0.875 bits per heavy atom. The second-order valence-electron chi connectivity index (χ2n) is 5.01. The summed E-state index contributed by atoms with van der Waals surface area (Å²) < 4.78 is 0.844. The lowest BCUT2D eigenvalue weighted by Crippen LogP contribution is -2.20. The second-order valence-corrected chi connectivity index (χ2v) is 5.93. The Kier molecular flexibility index (Phi) is 5.13. The molecule has 0 saturated heterocycles. The number of carbonyl (C=O) groups excluding carboxylic acids is 1.